The van der Waals surface area contributed by atoms with Gasteiger partial charge in [-0.3, -0.25) is 9.59 Å². The van der Waals surface area contributed by atoms with Gasteiger partial charge >= 0.3 is 0 Å². The molecule has 2 aliphatic heterocycles. The molecule has 1 unspecified atom stereocenters. The predicted octanol–water partition coefficient (Wildman–Crippen LogP) is 2.53. The SMILES string of the molecule is Cc1ccc(C(=O)N2CCC(NC(=O)CCC3CCNC3)CC2)cc1.Cl. The second kappa shape index (κ2) is 9.93. The molecule has 0 aliphatic carbocycles. The topological polar surface area (TPSA) is 61.4 Å². The summed E-state index contributed by atoms with van der Waals surface area (Å²) >= 11 is 0. The van der Waals surface area contributed by atoms with Gasteiger partial charge in [0.15, 0.2) is 0 Å². The van der Waals surface area contributed by atoms with E-state index in [1.807, 2.05) is 36.1 Å². The van der Waals surface area contributed by atoms with E-state index in [4.69, 9.17) is 0 Å². The lowest BCUT2D eigenvalue weighted by atomic mass is 10.0. The van der Waals surface area contributed by atoms with E-state index in [0.717, 1.165) is 43.5 Å². The monoisotopic (exact) mass is 379 g/mol. The molecule has 2 fully saturated rings. The Morgan fingerprint density at radius 1 is 1.15 bits per heavy atom. The van der Waals surface area contributed by atoms with Crippen molar-refractivity contribution in [2.75, 3.05) is 26.2 Å². The van der Waals surface area contributed by atoms with Crippen LogP contribution in [0.4, 0.5) is 0 Å². The van der Waals surface area contributed by atoms with Crippen molar-refractivity contribution < 1.29 is 9.59 Å². The number of piperidine rings is 1. The zero-order valence-electron chi connectivity index (χ0n) is 15.5. The molecule has 1 aromatic rings. The van der Waals surface area contributed by atoms with Crippen LogP contribution in [0.3, 0.4) is 0 Å². The number of amides is 2. The number of benzene rings is 1. The van der Waals surface area contributed by atoms with Crippen molar-refractivity contribution in [3.63, 3.8) is 0 Å². The number of halogens is 1. The molecule has 26 heavy (non-hydrogen) atoms. The summed E-state index contributed by atoms with van der Waals surface area (Å²) in [6.45, 7) is 5.58. The molecule has 144 valence electrons. The van der Waals surface area contributed by atoms with Crippen molar-refractivity contribution in [1.82, 2.24) is 15.5 Å². The van der Waals surface area contributed by atoms with Gasteiger partial charge in [0.2, 0.25) is 5.91 Å². The van der Waals surface area contributed by atoms with Crippen molar-refractivity contribution >= 4 is 24.2 Å². The van der Waals surface area contributed by atoms with Gasteiger partial charge in [0, 0.05) is 31.1 Å². The van der Waals surface area contributed by atoms with Gasteiger partial charge in [0.1, 0.15) is 0 Å². The Bertz CT molecular complexity index is 592. The number of hydrogen-bond acceptors (Lipinski definition) is 3. The summed E-state index contributed by atoms with van der Waals surface area (Å²) in [5.74, 6) is 0.911. The lowest BCUT2D eigenvalue weighted by Crippen LogP contribution is -2.46. The number of nitrogens with zero attached hydrogens (tertiary/aromatic N) is 1. The van der Waals surface area contributed by atoms with Crippen LogP contribution in [0, 0.1) is 12.8 Å². The maximum Gasteiger partial charge on any atom is 0.253 e. The van der Waals surface area contributed by atoms with Crippen LogP contribution in [0.15, 0.2) is 24.3 Å². The minimum atomic E-state index is 0. The predicted molar refractivity (Wildman–Crippen MR) is 106 cm³/mol. The molecule has 0 saturated carbocycles. The quantitative estimate of drug-likeness (QED) is 0.826. The molecule has 0 spiro atoms. The maximum absolute atomic E-state index is 12.5. The van der Waals surface area contributed by atoms with Crippen LogP contribution in [-0.4, -0.2) is 48.9 Å². The van der Waals surface area contributed by atoms with Crippen molar-refractivity contribution in [2.24, 2.45) is 5.92 Å². The van der Waals surface area contributed by atoms with Crippen LogP contribution in [0.1, 0.15) is 48.0 Å². The summed E-state index contributed by atoms with van der Waals surface area (Å²) in [6, 6.07) is 7.93. The molecule has 2 amide bonds. The summed E-state index contributed by atoms with van der Waals surface area (Å²) in [4.78, 5) is 26.5. The van der Waals surface area contributed by atoms with E-state index in [-0.39, 0.29) is 30.3 Å². The van der Waals surface area contributed by atoms with Gasteiger partial charge in [-0.15, -0.1) is 12.4 Å². The second-order valence-electron chi connectivity index (χ2n) is 7.40. The third kappa shape index (κ3) is 5.71. The number of aryl methyl sites for hydroxylation is 1. The zero-order valence-corrected chi connectivity index (χ0v) is 16.3. The number of rotatable bonds is 5. The van der Waals surface area contributed by atoms with Crippen LogP contribution in [0.2, 0.25) is 0 Å². The third-order valence-corrected chi connectivity index (χ3v) is 5.39. The number of carbonyl (C=O) groups is 2. The fraction of sp³-hybridized carbons (Fsp3) is 0.600. The van der Waals surface area contributed by atoms with Gasteiger partial charge in [-0.2, -0.15) is 0 Å². The van der Waals surface area contributed by atoms with Crippen molar-refractivity contribution in [3.8, 4) is 0 Å². The Morgan fingerprint density at radius 3 is 2.46 bits per heavy atom. The fourth-order valence-electron chi connectivity index (χ4n) is 3.70. The first kappa shape index (κ1) is 20.7. The van der Waals surface area contributed by atoms with E-state index >= 15 is 0 Å². The Labute approximate surface area is 162 Å². The van der Waals surface area contributed by atoms with Crippen LogP contribution >= 0.6 is 12.4 Å². The van der Waals surface area contributed by atoms with E-state index in [0.29, 0.717) is 25.4 Å². The number of hydrogen-bond donors (Lipinski definition) is 2. The van der Waals surface area contributed by atoms with E-state index in [1.54, 1.807) is 0 Å². The average Bonchev–Trinajstić information content (AvgIpc) is 3.14. The minimum absolute atomic E-state index is 0. The molecule has 2 saturated heterocycles. The summed E-state index contributed by atoms with van der Waals surface area (Å²) in [5.41, 5.74) is 1.91. The van der Waals surface area contributed by atoms with Crippen LogP contribution in [0.25, 0.3) is 0 Å². The van der Waals surface area contributed by atoms with Gasteiger partial charge in [0.05, 0.1) is 0 Å². The molecule has 2 N–H and O–H groups in total. The molecule has 1 aromatic carbocycles. The smallest absolute Gasteiger partial charge is 0.253 e. The molecule has 0 bridgehead atoms. The fourth-order valence-corrected chi connectivity index (χ4v) is 3.70. The first-order valence-electron chi connectivity index (χ1n) is 9.48. The normalized spacial score (nSPS) is 20.5. The molecule has 2 heterocycles. The van der Waals surface area contributed by atoms with Crippen LogP contribution in [-0.2, 0) is 4.79 Å². The number of carbonyl (C=O) groups excluding carboxylic acids is 2. The van der Waals surface area contributed by atoms with Gasteiger partial charge in [-0.05, 0) is 63.7 Å². The molecule has 2 aliphatic rings. The van der Waals surface area contributed by atoms with E-state index in [1.165, 1.54) is 6.42 Å². The van der Waals surface area contributed by atoms with Crippen LogP contribution in [0.5, 0.6) is 0 Å². The standard InChI is InChI=1S/C20H29N3O2.ClH/c1-15-2-5-17(6-3-15)20(25)23-12-9-18(10-13-23)22-19(24)7-4-16-8-11-21-14-16;/h2-3,5-6,16,18,21H,4,7-14H2,1H3,(H,22,24);1H. The summed E-state index contributed by atoms with van der Waals surface area (Å²) in [5, 5.41) is 6.49. The van der Waals surface area contributed by atoms with Crippen LogP contribution < -0.4 is 10.6 Å². The van der Waals surface area contributed by atoms with Crippen molar-refractivity contribution in [3.05, 3.63) is 35.4 Å². The van der Waals surface area contributed by atoms with Crippen molar-refractivity contribution in [1.29, 1.82) is 0 Å². The summed E-state index contributed by atoms with van der Waals surface area (Å²) in [7, 11) is 0. The molecule has 3 rings (SSSR count). The lowest BCUT2D eigenvalue weighted by molar-refractivity contribution is -0.122. The average molecular weight is 380 g/mol. The Balaban J connectivity index is 0.00000243. The van der Waals surface area contributed by atoms with Gasteiger partial charge in [0.25, 0.3) is 5.91 Å². The molecule has 5 nitrogen and oxygen atoms in total. The molecule has 0 radical (unpaired) electrons. The zero-order chi connectivity index (χ0) is 17.6. The molecule has 0 aromatic heterocycles. The number of likely N-dealkylation sites (tertiary alicyclic amines) is 1. The maximum atomic E-state index is 12.5. The van der Waals surface area contributed by atoms with E-state index in [2.05, 4.69) is 10.6 Å². The largest absolute Gasteiger partial charge is 0.353 e. The van der Waals surface area contributed by atoms with Gasteiger partial charge in [-0.1, -0.05) is 17.7 Å². The molecular formula is C20H30ClN3O2. The minimum Gasteiger partial charge on any atom is -0.353 e. The molecular weight excluding hydrogens is 350 g/mol. The Morgan fingerprint density at radius 2 is 1.85 bits per heavy atom. The van der Waals surface area contributed by atoms with Gasteiger partial charge in [-0.25, -0.2) is 0 Å². The first-order chi connectivity index (χ1) is 12.1. The lowest BCUT2D eigenvalue weighted by Gasteiger charge is -2.32. The second-order valence-corrected chi connectivity index (χ2v) is 7.40. The Hall–Kier alpha value is -1.59. The van der Waals surface area contributed by atoms with E-state index < -0.39 is 0 Å². The molecule has 1 atom stereocenters. The van der Waals surface area contributed by atoms with Gasteiger partial charge < -0.3 is 15.5 Å². The Kier molecular flexibility index (Phi) is 7.91. The van der Waals surface area contributed by atoms with Crippen molar-refractivity contribution in [2.45, 2.75) is 45.1 Å². The summed E-state index contributed by atoms with van der Waals surface area (Å²) in [6.07, 6.45) is 4.47. The highest BCUT2D eigenvalue weighted by Crippen LogP contribution is 2.17. The summed E-state index contributed by atoms with van der Waals surface area (Å²) < 4.78 is 0. The third-order valence-electron chi connectivity index (χ3n) is 5.39. The van der Waals surface area contributed by atoms with E-state index in [9.17, 15) is 9.59 Å². The highest BCUT2D eigenvalue weighted by Gasteiger charge is 2.25. The highest BCUT2D eigenvalue weighted by molar-refractivity contribution is 5.94. The highest BCUT2D eigenvalue weighted by atomic mass is 35.5. The first-order valence-corrected chi connectivity index (χ1v) is 9.48. The molecule has 6 heteroatoms. The number of nitrogens with one attached hydrogen (secondary N) is 2.